The van der Waals surface area contributed by atoms with E-state index in [9.17, 15) is 4.21 Å². The van der Waals surface area contributed by atoms with Gasteiger partial charge in [-0.05, 0) is 0 Å². The molecule has 0 aromatic rings. The van der Waals surface area contributed by atoms with Gasteiger partial charge in [0.1, 0.15) is 0 Å². The number of hydrogen-bond acceptors (Lipinski definition) is 1. The van der Waals surface area contributed by atoms with Crippen LogP contribution in [0.1, 0.15) is 0 Å². The Hall–Kier alpha value is 0.150. The number of rotatable bonds is 0. The average molecular weight is 94.2 g/mol. The van der Waals surface area contributed by atoms with Crippen LogP contribution in [0.2, 0.25) is 0 Å². The molecule has 0 N–H and O–H groups in total. The topological polar surface area (TPSA) is 17.1 Å². The molecule has 3 heteroatoms. The van der Waals surface area contributed by atoms with E-state index in [0.717, 1.165) is 0 Å². The molecular formula is CH2OS2. The van der Waals surface area contributed by atoms with Crippen molar-refractivity contribution in [2.75, 3.05) is 0 Å². The van der Waals surface area contributed by atoms with Crippen molar-refractivity contribution in [1.82, 2.24) is 0 Å². The Kier molecular flexibility index (Phi) is 1.52. The van der Waals surface area contributed by atoms with E-state index in [0.29, 0.717) is 0 Å². The maximum Gasteiger partial charge on any atom is 0.0766 e. The van der Waals surface area contributed by atoms with E-state index in [2.05, 4.69) is 17.3 Å². The van der Waals surface area contributed by atoms with Crippen LogP contribution in [0.3, 0.4) is 0 Å². The van der Waals surface area contributed by atoms with Crippen LogP contribution in [0.4, 0.5) is 0 Å². The lowest BCUT2D eigenvalue weighted by Gasteiger charge is -1.37. The van der Waals surface area contributed by atoms with Crippen LogP contribution in [0.25, 0.3) is 0 Å². The molecule has 0 saturated heterocycles. The van der Waals surface area contributed by atoms with E-state index < -0.39 is 9.24 Å². The van der Waals surface area contributed by atoms with Gasteiger partial charge < -0.3 is 0 Å². The molecule has 24 valence electrons. The lowest BCUT2D eigenvalue weighted by Crippen LogP contribution is -1.29. The standard InChI is InChI=1S/CH2OS2/c1-4(2)3/h1H,(H,2,3). The Balaban J connectivity index is 3.85. The maximum absolute atomic E-state index is 9.20. The van der Waals surface area contributed by atoms with Gasteiger partial charge in [0.2, 0.25) is 0 Å². The summed E-state index contributed by atoms with van der Waals surface area (Å²) in [6.07, 6.45) is 0. The van der Waals surface area contributed by atoms with Crippen molar-refractivity contribution in [3.63, 3.8) is 0 Å². The van der Waals surface area contributed by atoms with Crippen molar-refractivity contribution in [1.29, 1.82) is 0 Å². The number of hydrogen-bond donors (Lipinski definition) is 1. The fraction of sp³-hybridized carbons (Fsp3) is 0. The molecule has 0 amide bonds. The third kappa shape index (κ3) is 126. The van der Waals surface area contributed by atoms with Crippen LogP contribution in [0, 0.1) is 5.69 Å². The summed E-state index contributed by atoms with van der Waals surface area (Å²) in [5.74, 6) is 0. The molecule has 0 bridgehead atoms. The van der Waals surface area contributed by atoms with E-state index in [1.807, 2.05) is 0 Å². The quantitative estimate of drug-likeness (QED) is 0.334. The van der Waals surface area contributed by atoms with Crippen molar-refractivity contribution in [3.8, 4) is 5.69 Å². The smallest absolute Gasteiger partial charge is 0.0766 e. The monoisotopic (exact) mass is 94.0 g/mol. The number of thiol groups is 1. The second-order valence-corrected chi connectivity index (χ2v) is 1.91. The Morgan fingerprint density at radius 2 is 2.00 bits per heavy atom. The van der Waals surface area contributed by atoms with Crippen molar-refractivity contribution in [2.24, 2.45) is 0 Å². The van der Waals surface area contributed by atoms with Gasteiger partial charge >= 0.3 is 0 Å². The first-order valence-corrected chi connectivity index (χ1v) is 2.85. The molecule has 0 fully saturated rings. The molecule has 0 spiro atoms. The predicted molar refractivity (Wildman–Crippen MR) is 22.1 cm³/mol. The third-order valence-corrected chi connectivity index (χ3v) is 0. The first kappa shape index (κ1) is 4.15. The van der Waals surface area contributed by atoms with Gasteiger partial charge in [0.05, 0.1) is 9.24 Å². The first-order valence-electron chi connectivity index (χ1n) is 0.585. The van der Waals surface area contributed by atoms with Crippen LogP contribution in [-0.2, 0) is 9.24 Å². The van der Waals surface area contributed by atoms with Gasteiger partial charge in [-0.2, -0.15) is 0 Å². The lowest BCUT2D eigenvalue weighted by molar-refractivity contribution is 0.700. The zero-order valence-electron chi connectivity index (χ0n) is 1.84. The van der Waals surface area contributed by atoms with Crippen LogP contribution < -0.4 is 0 Å². The van der Waals surface area contributed by atoms with Gasteiger partial charge in [0.25, 0.3) is 0 Å². The van der Waals surface area contributed by atoms with Crippen LogP contribution in [0.15, 0.2) is 0 Å². The van der Waals surface area contributed by atoms with E-state index >= 15 is 0 Å². The van der Waals surface area contributed by atoms with Crippen molar-refractivity contribution < 1.29 is 4.21 Å². The molecule has 0 aromatic heterocycles. The summed E-state index contributed by atoms with van der Waals surface area (Å²) < 4.78 is 9.20. The molecule has 0 unspecified atom stereocenters. The molecule has 0 atom stereocenters. The average Bonchev–Trinajstić information content (AvgIpc) is 0.811. The molecule has 0 aliphatic carbocycles. The second-order valence-electron chi connectivity index (χ2n) is 0.276. The Morgan fingerprint density at radius 3 is 2.00 bits per heavy atom. The maximum atomic E-state index is 9.20. The summed E-state index contributed by atoms with van der Waals surface area (Å²) in [5, 5.41) is 0. The van der Waals surface area contributed by atoms with E-state index in [4.69, 9.17) is 0 Å². The van der Waals surface area contributed by atoms with Crippen LogP contribution >= 0.6 is 11.7 Å². The lowest BCUT2D eigenvalue weighted by atomic mass is 12.0. The molecule has 0 aliphatic heterocycles. The molecule has 0 radical (unpaired) electrons. The summed E-state index contributed by atoms with van der Waals surface area (Å²) >= 11 is 3.22. The Bertz CT molecular complexity index is 96.2. The minimum absolute atomic E-state index is 1.42. The zero-order chi connectivity index (χ0) is 3.58. The highest BCUT2D eigenvalue weighted by atomic mass is 33.1. The molecule has 1 nitrogen and oxygen atoms in total. The van der Waals surface area contributed by atoms with E-state index in [1.54, 1.807) is 0 Å². The fourth-order valence-electron chi connectivity index (χ4n) is 0. The van der Waals surface area contributed by atoms with Crippen molar-refractivity contribution in [3.05, 3.63) is 0 Å². The molecule has 4 heavy (non-hydrogen) atoms. The fourth-order valence-corrected chi connectivity index (χ4v) is 0. The Labute approximate surface area is 31.5 Å². The Morgan fingerprint density at radius 1 is 2.00 bits per heavy atom. The highest BCUT2D eigenvalue weighted by molar-refractivity contribution is 8.55. The highest BCUT2D eigenvalue weighted by Crippen LogP contribution is 1.57. The minimum Gasteiger partial charge on any atom is -0.210 e. The van der Waals surface area contributed by atoms with Gasteiger partial charge in [-0.15, -0.1) is 0 Å². The summed E-state index contributed by atoms with van der Waals surface area (Å²) in [6.45, 7) is 0. The summed E-state index contributed by atoms with van der Waals surface area (Å²) in [4.78, 5) is 0. The second kappa shape index (κ2) is 1.47. The molecule has 0 aliphatic rings. The van der Waals surface area contributed by atoms with Crippen molar-refractivity contribution >= 4 is 20.9 Å². The SMILES string of the molecule is C#S(=O)S. The van der Waals surface area contributed by atoms with Gasteiger partial charge in [0, 0.05) is 0 Å². The largest absolute Gasteiger partial charge is 0.210 e. The van der Waals surface area contributed by atoms with Crippen molar-refractivity contribution in [2.45, 2.75) is 0 Å². The molecule has 0 rings (SSSR count). The summed E-state index contributed by atoms with van der Waals surface area (Å²) in [6, 6.07) is 0. The van der Waals surface area contributed by atoms with Crippen LogP contribution in [-0.4, -0.2) is 4.21 Å². The van der Waals surface area contributed by atoms with E-state index in [-0.39, 0.29) is 0 Å². The van der Waals surface area contributed by atoms with Gasteiger partial charge in [-0.1, -0.05) is 17.3 Å². The molecular weight excluding hydrogens is 92.1 g/mol. The normalized spacial score (nSPS) is 6.00. The first-order chi connectivity index (χ1) is 1.73. The molecule has 0 saturated carbocycles. The molecule has 0 aromatic carbocycles. The van der Waals surface area contributed by atoms with Gasteiger partial charge in [-0.3, -0.25) is 0 Å². The summed E-state index contributed by atoms with van der Waals surface area (Å²) in [7, 11) is -1.42. The molecule has 0 heterocycles. The zero-order valence-corrected chi connectivity index (χ0v) is 3.55. The van der Waals surface area contributed by atoms with Gasteiger partial charge in [-0.25, -0.2) is 4.21 Å². The third-order valence-electron chi connectivity index (χ3n) is 0. The minimum atomic E-state index is -1.42. The highest BCUT2D eigenvalue weighted by Gasteiger charge is 1.35. The van der Waals surface area contributed by atoms with E-state index in [1.165, 1.54) is 0 Å². The summed E-state index contributed by atoms with van der Waals surface area (Å²) in [5.41, 5.74) is 4.45. The van der Waals surface area contributed by atoms with Gasteiger partial charge in [0.15, 0.2) is 0 Å². The predicted octanol–water partition coefficient (Wildman–Crippen LogP) is 0.169. The van der Waals surface area contributed by atoms with Crippen LogP contribution in [0.5, 0.6) is 0 Å².